The Hall–Kier alpha value is -1.35. The molecule has 1 aromatic rings. The molecule has 2 atom stereocenters. The number of hydrogen-bond acceptors (Lipinski definition) is 2. The van der Waals surface area contributed by atoms with Crippen molar-refractivity contribution in [2.24, 2.45) is 16.7 Å². The van der Waals surface area contributed by atoms with Crippen molar-refractivity contribution in [1.29, 1.82) is 0 Å². The van der Waals surface area contributed by atoms with E-state index in [0.717, 1.165) is 5.56 Å². The van der Waals surface area contributed by atoms with Gasteiger partial charge >= 0.3 is 0 Å². The zero-order valence-electron chi connectivity index (χ0n) is 12.2. The fraction of sp³-hybridized carbons (Fsp3) is 0.562. The molecule has 1 amide bonds. The summed E-state index contributed by atoms with van der Waals surface area (Å²) in [4.78, 5) is 12.2. The summed E-state index contributed by atoms with van der Waals surface area (Å²) in [5.41, 5.74) is 0.933. The number of ether oxygens (including phenoxy) is 1. The first-order valence-corrected chi connectivity index (χ1v) is 6.80. The molecule has 1 aliphatic rings. The second-order valence-electron chi connectivity index (χ2n) is 6.13. The Bertz CT molecular complexity index is 455. The Morgan fingerprint density at radius 1 is 1.26 bits per heavy atom. The first kappa shape index (κ1) is 14.1. The molecule has 3 heteroatoms. The Kier molecular flexibility index (Phi) is 3.68. The highest BCUT2D eigenvalue weighted by Gasteiger charge is 2.69. The lowest BCUT2D eigenvalue weighted by Crippen LogP contribution is -2.34. The minimum Gasteiger partial charge on any atom is -0.357 e. The van der Waals surface area contributed by atoms with Crippen LogP contribution in [0.25, 0.3) is 0 Å². The average molecular weight is 261 g/mol. The fourth-order valence-electron chi connectivity index (χ4n) is 2.81. The van der Waals surface area contributed by atoms with Crippen molar-refractivity contribution in [3.8, 4) is 0 Å². The van der Waals surface area contributed by atoms with Crippen LogP contribution >= 0.6 is 0 Å². The van der Waals surface area contributed by atoms with Crippen LogP contribution in [-0.4, -0.2) is 12.6 Å². The predicted molar refractivity (Wildman–Crippen MR) is 75.3 cm³/mol. The minimum absolute atomic E-state index is 0.0799. The Morgan fingerprint density at radius 3 is 2.37 bits per heavy atom. The van der Waals surface area contributed by atoms with Gasteiger partial charge < -0.3 is 10.1 Å². The molecule has 0 heterocycles. The van der Waals surface area contributed by atoms with Crippen LogP contribution in [0.3, 0.4) is 0 Å². The van der Waals surface area contributed by atoms with Gasteiger partial charge in [-0.25, -0.2) is 0 Å². The molecule has 0 aromatic heterocycles. The van der Waals surface area contributed by atoms with E-state index in [2.05, 4.69) is 26.1 Å². The van der Waals surface area contributed by atoms with E-state index in [-0.39, 0.29) is 23.5 Å². The molecule has 2 rings (SSSR count). The average Bonchev–Trinajstić information content (AvgIpc) is 2.81. The fourth-order valence-corrected chi connectivity index (χ4v) is 2.81. The quantitative estimate of drug-likeness (QED) is 0.653. The molecule has 0 spiro atoms. The summed E-state index contributed by atoms with van der Waals surface area (Å²) >= 11 is 0. The molecule has 1 fully saturated rings. The van der Waals surface area contributed by atoms with Gasteiger partial charge in [0.05, 0.1) is 12.0 Å². The number of amides is 1. The van der Waals surface area contributed by atoms with Gasteiger partial charge in [-0.1, -0.05) is 51.1 Å². The maximum absolute atomic E-state index is 12.2. The van der Waals surface area contributed by atoms with E-state index >= 15 is 0 Å². The summed E-state index contributed by atoms with van der Waals surface area (Å²) in [5, 5.41) is 2.88. The van der Waals surface area contributed by atoms with Crippen molar-refractivity contribution in [2.75, 3.05) is 6.73 Å². The van der Waals surface area contributed by atoms with Gasteiger partial charge in [0, 0.05) is 0 Å². The minimum atomic E-state index is -0.261. The van der Waals surface area contributed by atoms with Crippen LogP contribution in [0.1, 0.15) is 33.3 Å². The summed E-state index contributed by atoms with van der Waals surface area (Å²) < 4.78 is 5.48. The van der Waals surface area contributed by atoms with Crippen molar-refractivity contribution in [1.82, 2.24) is 5.32 Å². The summed E-state index contributed by atoms with van der Waals surface area (Å²) in [7, 11) is 0. The number of rotatable bonds is 5. The molecular formula is C16H23NO2. The zero-order valence-corrected chi connectivity index (χ0v) is 12.2. The Labute approximate surface area is 115 Å². The molecule has 0 radical (unpaired) electrons. The Balaban J connectivity index is 1.74. The lowest BCUT2D eigenvalue weighted by molar-refractivity contribution is -0.129. The van der Waals surface area contributed by atoms with Crippen LogP contribution < -0.4 is 5.32 Å². The highest BCUT2D eigenvalue weighted by Crippen LogP contribution is 2.68. The predicted octanol–water partition coefficient (Wildman–Crippen LogP) is 2.96. The smallest absolute Gasteiger partial charge is 0.228 e. The largest absolute Gasteiger partial charge is 0.357 e. The molecule has 2 unspecified atom stereocenters. The van der Waals surface area contributed by atoms with Gasteiger partial charge in [0.15, 0.2) is 0 Å². The standard InChI is InChI=1S/C16H23NO2/c1-12-15(2,3)16(12,4)14(18)17-11-19-10-13-8-6-5-7-9-13/h5-9,12H,10-11H2,1-4H3,(H,17,18). The maximum Gasteiger partial charge on any atom is 0.228 e. The second kappa shape index (κ2) is 4.97. The van der Waals surface area contributed by atoms with Crippen LogP contribution in [0.5, 0.6) is 0 Å². The molecule has 19 heavy (non-hydrogen) atoms. The van der Waals surface area contributed by atoms with Gasteiger partial charge in [0.1, 0.15) is 6.73 Å². The molecule has 3 nitrogen and oxygen atoms in total. The third-order valence-corrected chi connectivity index (χ3v) is 5.12. The summed E-state index contributed by atoms with van der Waals surface area (Å²) in [6, 6.07) is 9.95. The van der Waals surface area contributed by atoms with Gasteiger partial charge in [0.2, 0.25) is 5.91 Å². The van der Waals surface area contributed by atoms with Gasteiger partial charge in [-0.05, 0) is 23.8 Å². The van der Waals surface area contributed by atoms with Gasteiger partial charge in [-0.3, -0.25) is 4.79 Å². The molecule has 1 aromatic carbocycles. The molecule has 0 bridgehead atoms. The number of hydrogen-bond donors (Lipinski definition) is 1. The van der Waals surface area contributed by atoms with Crippen LogP contribution in [0, 0.1) is 16.7 Å². The highest BCUT2D eigenvalue weighted by molar-refractivity contribution is 5.87. The number of benzene rings is 1. The Morgan fingerprint density at radius 2 is 1.84 bits per heavy atom. The van der Waals surface area contributed by atoms with E-state index in [1.807, 2.05) is 37.3 Å². The van der Waals surface area contributed by atoms with Crippen molar-refractivity contribution < 1.29 is 9.53 Å². The van der Waals surface area contributed by atoms with E-state index in [4.69, 9.17) is 4.74 Å². The lowest BCUT2D eigenvalue weighted by atomic mass is 9.97. The van der Waals surface area contributed by atoms with Gasteiger partial charge in [-0.2, -0.15) is 0 Å². The van der Waals surface area contributed by atoms with E-state index in [0.29, 0.717) is 12.5 Å². The van der Waals surface area contributed by atoms with Gasteiger partial charge in [-0.15, -0.1) is 0 Å². The van der Waals surface area contributed by atoms with Crippen molar-refractivity contribution >= 4 is 5.91 Å². The highest BCUT2D eigenvalue weighted by atomic mass is 16.5. The summed E-state index contributed by atoms with van der Waals surface area (Å²) in [5.74, 6) is 0.507. The van der Waals surface area contributed by atoms with E-state index in [1.165, 1.54) is 0 Å². The maximum atomic E-state index is 12.2. The molecule has 1 aliphatic carbocycles. The first-order chi connectivity index (χ1) is 8.90. The summed E-state index contributed by atoms with van der Waals surface area (Å²) in [6.07, 6.45) is 0. The third-order valence-electron chi connectivity index (χ3n) is 5.12. The second-order valence-corrected chi connectivity index (χ2v) is 6.13. The SMILES string of the molecule is CC1C(C)(C)C1(C)C(=O)NCOCc1ccccc1. The normalized spacial score (nSPS) is 27.9. The van der Waals surface area contributed by atoms with E-state index in [1.54, 1.807) is 0 Å². The molecular weight excluding hydrogens is 238 g/mol. The van der Waals surface area contributed by atoms with Crippen LogP contribution in [-0.2, 0) is 16.1 Å². The van der Waals surface area contributed by atoms with Crippen molar-refractivity contribution in [3.05, 3.63) is 35.9 Å². The molecule has 1 saturated carbocycles. The molecule has 0 saturated heterocycles. The topological polar surface area (TPSA) is 38.3 Å². The number of nitrogens with one attached hydrogen (secondary N) is 1. The van der Waals surface area contributed by atoms with Gasteiger partial charge in [0.25, 0.3) is 0 Å². The summed E-state index contributed by atoms with van der Waals surface area (Å²) in [6.45, 7) is 9.24. The zero-order chi connectivity index (χ0) is 14.1. The third kappa shape index (κ3) is 2.39. The van der Waals surface area contributed by atoms with E-state index < -0.39 is 0 Å². The molecule has 104 valence electrons. The monoisotopic (exact) mass is 261 g/mol. The first-order valence-electron chi connectivity index (χ1n) is 6.80. The molecule has 0 aliphatic heterocycles. The van der Waals surface area contributed by atoms with Crippen LogP contribution in [0.4, 0.5) is 0 Å². The van der Waals surface area contributed by atoms with Crippen molar-refractivity contribution in [2.45, 2.75) is 34.3 Å². The van der Waals surface area contributed by atoms with E-state index in [9.17, 15) is 4.79 Å². The number of carbonyl (C=O) groups is 1. The number of carbonyl (C=O) groups excluding carboxylic acids is 1. The van der Waals surface area contributed by atoms with Crippen LogP contribution in [0.2, 0.25) is 0 Å². The van der Waals surface area contributed by atoms with Crippen molar-refractivity contribution in [3.63, 3.8) is 0 Å². The molecule has 1 N–H and O–H groups in total. The lowest BCUT2D eigenvalue weighted by Gasteiger charge is -2.15. The van der Waals surface area contributed by atoms with Crippen LogP contribution in [0.15, 0.2) is 30.3 Å².